The van der Waals surface area contributed by atoms with Gasteiger partial charge >= 0.3 is 0 Å². The maximum absolute atomic E-state index is 12.9. The van der Waals surface area contributed by atoms with Gasteiger partial charge in [-0.2, -0.15) is 0 Å². The van der Waals surface area contributed by atoms with Crippen molar-refractivity contribution >= 4 is 34.4 Å². The summed E-state index contributed by atoms with van der Waals surface area (Å²) in [5.41, 5.74) is 2.57. The highest BCUT2D eigenvalue weighted by atomic mass is 35.5. The molecule has 114 valence electrons. The molecule has 23 heavy (non-hydrogen) atoms. The quantitative estimate of drug-likeness (QED) is 0.494. The molecule has 3 heteroatoms. The molecule has 0 aliphatic rings. The molecule has 0 amide bonds. The van der Waals surface area contributed by atoms with Crippen LogP contribution in [0.15, 0.2) is 54.6 Å². The Hall–Kier alpha value is -2.45. The van der Waals surface area contributed by atoms with E-state index in [1.807, 2.05) is 30.3 Å². The van der Waals surface area contributed by atoms with Gasteiger partial charge < -0.3 is 0 Å². The van der Waals surface area contributed by atoms with E-state index >= 15 is 0 Å². The van der Waals surface area contributed by atoms with Crippen LogP contribution in [0.3, 0.4) is 0 Å². The van der Waals surface area contributed by atoms with Crippen molar-refractivity contribution in [3.63, 3.8) is 0 Å². The smallest absolute Gasteiger partial charge is 0.194 e. The largest absolute Gasteiger partial charge is 0.298 e. The van der Waals surface area contributed by atoms with Gasteiger partial charge in [-0.1, -0.05) is 61.0 Å². The van der Waals surface area contributed by atoms with Gasteiger partial charge in [-0.3, -0.25) is 9.59 Å². The van der Waals surface area contributed by atoms with Crippen molar-refractivity contribution in [2.75, 3.05) is 0 Å². The average molecular weight is 323 g/mol. The first-order chi connectivity index (χ1) is 11.1. The molecule has 0 heterocycles. The van der Waals surface area contributed by atoms with Crippen LogP contribution in [-0.2, 0) is 6.42 Å². The van der Waals surface area contributed by atoms with E-state index in [2.05, 4.69) is 6.92 Å². The lowest BCUT2D eigenvalue weighted by Gasteiger charge is -2.10. The molecule has 0 N–H and O–H groups in total. The predicted octanol–water partition coefficient (Wildman–Crippen LogP) is 5.10. The van der Waals surface area contributed by atoms with E-state index in [0.29, 0.717) is 21.7 Å². The molecule has 0 radical (unpaired) electrons. The second-order valence-corrected chi connectivity index (χ2v) is 5.83. The van der Waals surface area contributed by atoms with E-state index in [1.54, 1.807) is 24.3 Å². The summed E-state index contributed by atoms with van der Waals surface area (Å²) in [6.45, 7) is 2.07. The summed E-state index contributed by atoms with van der Waals surface area (Å²) < 4.78 is 0. The molecule has 0 unspecified atom stereocenters. The molecule has 0 fully saturated rings. The number of carbonyl (C=O) groups excluding carboxylic acids is 2. The van der Waals surface area contributed by atoms with Gasteiger partial charge in [0, 0.05) is 21.7 Å². The van der Waals surface area contributed by atoms with Gasteiger partial charge in [0.25, 0.3) is 0 Å². The highest BCUT2D eigenvalue weighted by molar-refractivity contribution is 6.31. The van der Waals surface area contributed by atoms with Gasteiger partial charge in [-0.05, 0) is 34.9 Å². The number of carbonyl (C=O) groups is 2. The molecule has 3 aromatic carbocycles. The van der Waals surface area contributed by atoms with Gasteiger partial charge in [0.1, 0.15) is 0 Å². The Labute approximate surface area is 139 Å². The van der Waals surface area contributed by atoms with Gasteiger partial charge in [0.15, 0.2) is 12.1 Å². The van der Waals surface area contributed by atoms with E-state index in [-0.39, 0.29) is 5.78 Å². The summed E-state index contributed by atoms with van der Waals surface area (Å²) in [7, 11) is 0. The third-order valence-corrected chi connectivity index (χ3v) is 4.23. The summed E-state index contributed by atoms with van der Waals surface area (Å²) in [6.07, 6.45) is 1.64. The molecule has 0 saturated heterocycles. The van der Waals surface area contributed by atoms with Crippen LogP contribution in [-0.4, -0.2) is 12.1 Å². The molecule has 0 atom stereocenters. The number of rotatable bonds is 4. The maximum atomic E-state index is 12.9. The SMILES string of the molecule is CCc1ccc(C(=O)c2c(C=O)ccc3cc(Cl)ccc23)cc1. The number of fused-ring (bicyclic) bond motifs is 1. The van der Waals surface area contributed by atoms with Crippen LogP contribution in [0.25, 0.3) is 10.8 Å². The standard InChI is InChI=1S/C20H15ClO2/c1-2-13-3-5-14(6-4-13)20(23)19-16(12-22)8-7-15-11-17(21)9-10-18(15)19/h3-12H,2H2,1H3. The van der Waals surface area contributed by atoms with Gasteiger partial charge in [-0.25, -0.2) is 0 Å². The summed E-state index contributed by atoms with van der Waals surface area (Å²) in [5, 5.41) is 2.18. The van der Waals surface area contributed by atoms with E-state index in [1.165, 1.54) is 5.56 Å². The molecule has 0 spiro atoms. The Bertz CT molecular complexity index is 895. The fourth-order valence-electron chi connectivity index (χ4n) is 2.71. The van der Waals surface area contributed by atoms with Crippen molar-refractivity contribution in [1.82, 2.24) is 0 Å². The third kappa shape index (κ3) is 2.90. The van der Waals surface area contributed by atoms with Crippen LogP contribution in [0.4, 0.5) is 0 Å². The van der Waals surface area contributed by atoms with E-state index in [0.717, 1.165) is 23.5 Å². The van der Waals surface area contributed by atoms with Crippen LogP contribution >= 0.6 is 11.6 Å². The van der Waals surface area contributed by atoms with Crippen LogP contribution in [0, 0.1) is 0 Å². The molecule has 3 aromatic rings. The van der Waals surface area contributed by atoms with Crippen molar-refractivity contribution in [2.45, 2.75) is 13.3 Å². The Kier molecular flexibility index (Phi) is 4.26. The number of ketones is 1. The van der Waals surface area contributed by atoms with E-state index in [4.69, 9.17) is 11.6 Å². The zero-order valence-electron chi connectivity index (χ0n) is 12.7. The number of hydrogen-bond donors (Lipinski definition) is 0. The topological polar surface area (TPSA) is 34.1 Å². The highest BCUT2D eigenvalue weighted by Crippen LogP contribution is 2.27. The lowest BCUT2D eigenvalue weighted by atomic mass is 9.92. The number of halogens is 1. The molecular weight excluding hydrogens is 308 g/mol. The number of aldehydes is 1. The number of benzene rings is 3. The normalized spacial score (nSPS) is 10.7. The lowest BCUT2D eigenvalue weighted by molar-refractivity contribution is 0.103. The predicted molar refractivity (Wildman–Crippen MR) is 93.6 cm³/mol. The van der Waals surface area contributed by atoms with Crippen LogP contribution in [0.2, 0.25) is 5.02 Å². The molecule has 0 saturated carbocycles. The molecular formula is C20H15ClO2. The van der Waals surface area contributed by atoms with Gasteiger partial charge in [0.05, 0.1) is 0 Å². The second kappa shape index (κ2) is 6.35. The maximum Gasteiger partial charge on any atom is 0.194 e. The molecule has 0 aliphatic heterocycles. The fourth-order valence-corrected chi connectivity index (χ4v) is 2.89. The Morgan fingerprint density at radius 3 is 2.43 bits per heavy atom. The first-order valence-corrected chi connectivity index (χ1v) is 7.83. The molecule has 0 aromatic heterocycles. The third-order valence-electron chi connectivity index (χ3n) is 3.99. The Balaban J connectivity index is 2.19. The van der Waals surface area contributed by atoms with E-state index in [9.17, 15) is 9.59 Å². The minimum absolute atomic E-state index is 0.150. The first-order valence-electron chi connectivity index (χ1n) is 7.45. The number of hydrogen-bond acceptors (Lipinski definition) is 2. The zero-order chi connectivity index (χ0) is 16.4. The monoisotopic (exact) mass is 322 g/mol. The summed E-state index contributed by atoms with van der Waals surface area (Å²) >= 11 is 6.02. The minimum Gasteiger partial charge on any atom is -0.298 e. The summed E-state index contributed by atoms with van der Waals surface area (Å²) in [6, 6.07) is 16.3. The minimum atomic E-state index is -0.150. The van der Waals surface area contributed by atoms with Crippen molar-refractivity contribution in [3.8, 4) is 0 Å². The van der Waals surface area contributed by atoms with Crippen molar-refractivity contribution in [3.05, 3.63) is 81.9 Å². The average Bonchev–Trinajstić information content (AvgIpc) is 2.60. The summed E-state index contributed by atoms with van der Waals surface area (Å²) in [4.78, 5) is 24.3. The van der Waals surface area contributed by atoms with Gasteiger partial charge in [-0.15, -0.1) is 0 Å². The highest BCUT2D eigenvalue weighted by Gasteiger charge is 2.17. The van der Waals surface area contributed by atoms with Crippen molar-refractivity contribution in [2.24, 2.45) is 0 Å². The molecule has 0 bridgehead atoms. The lowest BCUT2D eigenvalue weighted by Crippen LogP contribution is -2.06. The van der Waals surface area contributed by atoms with Gasteiger partial charge in [0.2, 0.25) is 0 Å². The Morgan fingerprint density at radius 2 is 1.78 bits per heavy atom. The van der Waals surface area contributed by atoms with Crippen LogP contribution < -0.4 is 0 Å². The molecule has 2 nitrogen and oxygen atoms in total. The van der Waals surface area contributed by atoms with E-state index < -0.39 is 0 Å². The zero-order valence-corrected chi connectivity index (χ0v) is 13.4. The number of aryl methyl sites for hydroxylation is 1. The van der Waals surface area contributed by atoms with Crippen molar-refractivity contribution in [1.29, 1.82) is 0 Å². The van der Waals surface area contributed by atoms with Crippen LogP contribution in [0.1, 0.15) is 38.8 Å². The first kappa shape index (κ1) is 15.4. The molecule has 0 aliphatic carbocycles. The molecule has 3 rings (SSSR count). The fraction of sp³-hybridized carbons (Fsp3) is 0.100. The van der Waals surface area contributed by atoms with Crippen molar-refractivity contribution < 1.29 is 9.59 Å². The summed E-state index contributed by atoms with van der Waals surface area (Å²) in [5.74, 6) is -0.150. The Morgan fingerprint density at radius 1 is 1.04 bits per heavy atom. The van der Waals surface area contributed by atoms with Crippen LogP contribution in [0.5, 0.6) is 0 Å². The second-order valence-electron chi connectivity index (χ2n) is 5.39.